The van der Waals surface area contributed by atoms with Crippen LogP contribution < -0.4 is 20.7 Å². The molecule has 1 aliphatic heterocycles. The number of halogens is 2. The summed E-state index contributed by atoms with van der Waals surface area (Å²) < 4.78 is 37.2. The van der Waals surface area contributed by atoms with Crippen molar-refractivity contribution in [1.82, 2.24) is 35.0 Å². The number of carboxylic acid groups (broad SMARTS) is 1. The van der Waals surface area contributed by atoms with E-state index in [-0.39, 0.29) is 29.7 Å². The first-order valence-electron chi connectivity index (χ1n) is 14.7. The third-order valence-electron chi connectivity index (χ3n) is 7.50. The maximum Gasteiger partial charge on any atom is 0.321 e. The fraction of sp³-hybridized carbons (Fsp3) is 0.250. The zero-order valence-corrected chi connectivity index (χ0v) is 24.9. The second-order valence-corrected chi connectivity index (χ2v) is 10.3. The molecular formula is C32H32F2N8O4. The van der Waals surface area contributed by atoms with E-state index in [9.17, 15) is 9.18 Å². The summed E-state index contributed by atoms with van der Waals surface area (Å²) in [7, 11) is 0. The number of aromatic nitrogens is 5. The lowest BCUT2D eigenvalue weighted by molar-refractivity contribution is -0.122. The first kappa shape index (κ1) is 31.9. The first-order valence-corrected chi connectivity index (χ1v) is 14.7. The normalized spacial score (nSPS) is 13.0. The summed E-state index contributed by atoms with van der Waals surface area (Å²) in [5, 5.41) is 16.6. The van der Waals surface area contributed by atoms with E-state index < -0.39 is 11.6 Å². The molecule has 3 aromatic heterocycles. The number of aryl methyl sites for hydroxylation is 1. The summed E-state index contributed by atoms with van der Waals surface area (Å²) in [6.07, 6.45) is 10.3. The molecule has 5 aromatic rings. The molecule has 6 rings (SSSR count). The third kappa shape index (κ3) is 7.24. The molecule has 238 valence electrons. The Balaban J connectivity index is 0.00000134. The Morgan fingerprint density at radius 1 is 1.09 bits per heavy atom. The smallest absolute Gasteiger partial charge is 0.321 e. The molecule has 14 heteroatoms. The number of benzene rings is 2. The van der Waals surface area contributed by atoms with Gasteiger partial charge in [0.2, 0.25) is 5.82 Å². The molecule has 4 N–H and O–H groups in total. The van der Waals surface area contributed by atoms with E-state index >= 15 is 4.39 Å². The molecule has 1 aliphatic rings. The summed E-state index contributed by atoms with van der Waals surface area (Å²) >= 11 is 0. The van der Waals surface area contributed by atoms with Crippen molar-refractivity contribution in [2.24, 2.45) is 5.92 Å². The minimum atomic E-state index is -1.17. The van der Waals surface area contributed by atoms with E-state index in [2.05, 4.69) is 35.9 Å². The fourth-order valence-corrected chi connectivity index (χ4v) is 5.19. The molecule has 0 saturated carbocycles. The van der Waals surface area contributed by atoms with Gasteiger partial charge in [0, 0.05) is 48.1 Å². The minimum absolute atomic E-state index is 0.00314. The van der Waals surface area contributed by atoms with E-state index in [0.717, 1.165) is 37.2 Å². The predicted molar refractivity (Wildman–Crippen MR) is 166 cm³/mol. The molecule has 0 radical (unpaired) electrons. The number of amides is 1. The van der Waals surface area contributed by atoms with Gasteiger partial charge in [0.1, 0.15) is 0 Å². The number of hydrogen-bond acceptors (Lipinski definition) is 9. The lowest BCUT2D eigenvalue weighted by atomic mass is 9.97. The standard InChI is InChI=1S/C31H30F2N8O2.CH2O2/c1-2-20-16-21(4-5-22(20)30(42)39-17-19-8-12-34-13-9-19)40-28-29-38-18-24(41(29)15-14-35-28)23-6-7-25(27(33)26(23)32)43-31-36-10-3-11-37-31;2-1-3/h3-7,10-11,14-16,18-19,34H,2,8-9,12-13,17H2,1H3,(H,35,40)(H,39,42);1H,(H,2,3). The third-order valence-corrected chi connectivity index (χ3v) is 7.50. The van der Waals surface area contributed by atoms with Gasteiger partial charge in [-0.05, 0) is 80.2 Å². The second kappa shape index (κ2) is 15.0. The summed E-state index contributed by atoms with van der Waals surface area (Å²) in [4.78, 5) is 38.0. The van der Waals surface area contributed by atoms with Crippen LogP contribution >= 0.6 is 0 Å². The first-order chi connectivity index (χ1) is 22.4. The largest absolute Gasteiger partial charge is 0.483 e. The van der Waals surface area contributed by atoms with Crippen LogP contribution in [-0.2, 0) is 11.2 Å². The predicted octanol–water partition coefficient (Wildman–Crippen LogP) is 4.99. The number of carbonyl (C=O) groups is 2. The lowest BCUT2D eigenvalue weighted by Gasteiger charge is -2.23. The van der Waals surface area contributed by atoms with Crippen molar-refractivity contribution < 1.29 is 28.2 Å². The van der Waals surface area contributed by atoms with Crippen molar-refractivity contribution in [2.45, 2.75) is 26.2 Å². The Hall–Kier alpha value is -5.50. The van der Waals surface area contributed by atoms with Crippen molar-refractivity contribution in [3.8, 4) is 23.0 Å². The van der Waals surface area contributed by atoms with Gasteiger partial charge in [-0.3, -0.25) is 14.0 Å². The Kier molecular flexibility index (Phi) is 10.4. The summed E-state index contributed by atoms with van der Waals surface area (Å²) in [5.41, 5.74) is 2.99. The fourth-order valence-electron chi connectivity index (χ4n) is 5.19. The van der Waals surface area contributed by atoms with Crippen LogP contribution in [0.1, 0.15) is 35.7 Å². The average molecular weight is 631 g/mol. The van der Waals surface area contributed by atoms with E-state index in [1.54, 1.807) is 28.9 Å². The molecule has 2 aromatic carbocycles. The Morgan fingerprint density at radius 3 is 2.59 bits per heavy atom. The molecule has 1 fully saturated rings. The highest BCUT2D eigenvalue weighted by molar-refractivity contribution is 5.96. The highest BCUT2D eigenvalue weighted by Gasteiger charge is 2.21. The number of hydrogen-bond donors (Lipinski definition) is 4. The maximum atomic E-state index is 15.2. The van der Waals surface area contributed by atoms with Gasteiger partial charge >= 0.3 is 6.01 Å². The Bertz CT molecular complexity index is 1810. The number of fused-ring (bicyclic) bond motifs is 1. The zero-order chi connectivity index (χ0) is 32.5. The Morgan fingerprint density at radius 2 is 1.85 bits per heavy atom. The van der Waals surface area contributed by atoms with E-state index in [1.807, 2.05) is 19.1 Å². The van der Waals surface area contributed by atoms with Crippen LogP contribution in [0.2, 0.25) is 0 Å². The van der Waals surface area contributed by atoms with Crippen LogP contribution in [0.15, 0.2) is 67.4 Å². The van der Waals surface area contributed by atoms with Gasteiger partial charge in [0.05, 0.1) is 11.9 Å². The molecule has 0 aliphatic carbocycles. The zero-order valence-electron chi connectivity index (χ0n) is 24.9. The van der Waals surface area contributed by atoms with E-state index in [0.29, 0.717) is 41.6 Å². The van der Waals surface area contributed by atoms with E-state index in [1.165, 1.54) is 30.7 Å². The molecule has 0 atom stereocenters. The van der Waals surface area contributed by atoms with Crippen molar-refractivity contribution in [3.63, 3.8) is 0 Å². The number of nitrogens with zero attached hydrogens (tertiary/aromatic N) is 5. The van der Waals surface area contributed by atoms with E-state index in [4.69, 9.17) is 14.6 Å². The van der Waals surface area contributed by atoms with Gasteiger partial charge in [-0.1, -0.05) is 6.92 Å². The van der Waals surface area contributed by atoms with Crippen molar-refractivity contribution in [2.75, 3.05) is 25.0 Å². The molecular weight excluding hydrogens is 598 g/mol. The number of carbonyl (C=O) groups excluding carboxylic acids is 1. The second-order valence-electron chi connectivity index (χ2n) is 10.3. The number of piperidine rings is 1. The number of rotatable bonds is 9. The van der Waals surface area contributed by atoms with Crippen molar-refractivity contribution >= 4 is 29.5 Å². The number of imidazole rings is 1. The topological polar surface area (TPSA) is 156 Å². The van der Waals surface area contributed by atoms with Crippen LogP contribution in [0.5, 0.6) is 11.8 Å². The SMILES string of the molecule is CCc1cc(Nc2nccn3c(-c4ccc(Oc5ncccn5)c(F)c4F)cnc23)ccc1C(=O)NCC1CCNCC1.O=CO. The van der Waals surface area contributed by atoms with Gasteiger partial charge < -0.3 is 25.8 Å². The van der Waals surface area contributed by atoms with Crippen molar-refractivity contribution in [3.05, 3.63) is 90.1 Å². The lowest BCUT2D eigenvalue weighted by Crippen LogP contribution is -2.36. The van der Waals surface area contributed by atoms with Crippen LogP contribution in [0.4, 0.5) is 20.3 Å². The van der Waals surface area contributed by atoms with Gasteiger partial charge in [-0.2, -0.15) is 4.39 Å². The van der Waals surface area contributed by atoms with Crippen LogP contribution in [0, 0.1) is 17.6 Å². The highest BCUT2D eigenvalue weighted by Crippen LogP contribution is 2.33. The van der Waals surface area contributed by atoms with Crippen LogP contribution in [-0.4, -0.2) is 61.5 Å². The van der Waals surface area contributed by atoms with Gasteiger partial charge in [0.25, 0.3) is 12.4 Å². The quantitative estimate of drug-likeness (QED) is 0.164. The molecule has 0 bridgehead atoms. The molecule has 46 heavy (non-hydrogen) atoms. The summed E-state index contributed by atoms with van der Waals surface area (Å²) in [6.45, 7) is 4.38. The number of ether oxygens (including phenoxy) is 1. The number of nitrogens with one attached hydrogen (secondary N) is 3. The molecule has 12 nitrogen and oxygen atoms in total. The summed E-state index contributed by atoms with van der Waals surface area (Å²) in [6, 6.07) is 9.76. The van der Waals surface area contributed by atoms with Crippen LogP contribution in [0.25, 0.3) is 16.9 Å². The van der Waals surface area contributed by atoms with Gasteiger partial charge in [0.15, 0.2) is 23.0 Å². The summed E-state index contributed by atoms with van der Waals surface area (Å²) in [5.74, 6) is -1.77. The minimum Gasteiger partial charge on any atom is -0.483 e. The molecule has 0 spiro atoms. The Labute approximate surface area is 262 Å². The van der Waals surface area contributed by atoms with Crippen molar-refractivity contribution in [1.29, 1.82) is 0 Å². The monoisotopic (exact) mass is 630 g/mol. The highest BCUT2D eigenvalue weighted by atomic mass is 19.2. The maximum absolute atomic E-state index is 15.2. The molecule has 0 unspecified atom stereocenters. The molecule has 1 amide bonds. The van der Waals surface area contributed by atoms with Crippen LogP contribution in [0.3, 0.4) is 0 Å². The molecule has 4 heterocycles. The van der Waals surface area contributed by atoms with Gasteiger partial charge in [-0.25, -0.2) is 24.3 Å². The average Bonchev–Trinajstić information content (AvgIpc) is 3.52. The molecule has 1 saturated heterocycles. The number of anilines is 2. The van der Waals surface area contributed by atoms with Gasteiger partial charge in [-0.15, -0.1) is 0 Å².